The summed E-state index contributed by atoms with van der Waals surface area (Å²) in [5.41, 5.74) is 8.35. The fourth-order valence-electron chi connectivity index (χ4n) is 3.08. The van der Waals surface area contributed by atoms with Gasteiger partial charge in [0.2, 0.25) is 5.91 Å². The molecule has 0 radical (unpaired) electrons. The third-order valence-electron chi connectivity index (χ3n) is 4.49. The van der Waals surface area contributed by atoms with Crippen LogP contribution in [0.15, 0.2) is 67.1 Å². The van der Waals surface area contributed by atoms with Crippen LogP contribution in [0.5, 0.6) is 11.5 Å². The van der Waals surface area contributed by atoms with Gasteiger partial charge in [-0.2, -0.15) is 0 Å². The van der Waals surface area contributed by atoms with Crippen molar-refractivity contribution in [3.05, 3.63) is 67.1 Å². The molecule has 0 aliphatic rings. The summed E-state index contributed by atoms with van der Waals surface area (Å²) in [5.74, 6) is 1.63. The number of nitrogens with zero attached hydrogens (tertiary/aromatic N) is 3. The number of hydrogen-bond acceptors (Lipinski definition) is 5. The highest BCUT2D eigenvalue weighted by atomic mass is 16.5. The van der Waals surface area contributed by atoms with Gasteiger partial charge in [-0.25, -0.2) is 9.97 Å². The molecule has 0 atom stereocenters. The van der Waals surface area contributed by atoms with Gasteiger partial charge in [-0.15, -0.1) is 0 Å². The maximum Gasteiger partial charge on any atom is 0.234 e. The van der Waals surface area contributed by atoms with E-state index in [1.165, 1.54) is 6.33 Å². The smallest absolute Gasteiger partial charge is 0.234 e. The molecule has 6 nitrogen and oxygen atoms in total. The van der Waals surface area contributed by atoms with Crippen molar-refractivity contribution in [1.29, 1.82) is 0 Å². The van der Waals surface area contributed by atoms with E-state index in [4.69, 9.17) is 10.5 Å². The monoisotopic (exact) mass is 372 g/mol. The highest BCUT2D eigenvalue weighted by Gasteiger charge is 2.20. The van der Waals surface area contributed by atoms with Crippen molar-refractivity contribution < 1.29 is 9.53 Å². The molecular weight excluding hydrogens is 352 g/mol. The second-order valence-corrected chi connectivity index (χ2v) is 6.80. The lowest BCUT2D eigenvalue weighted by Crippen LogP contribution is -2.16. The van der Waals surface area contributed by atoms with E-state index in [-0.39, 0.29) is 11.8 Å². The number of para-hydroxylation sites is 1. The average Bonchev–Trinajstić information content (AvgIpc) is 3.09. The molecule has 140 valence electrons. The van der Waals surface area contributed by atoms with Crippen LogP contribution in [0, 0.1) is 5.92 Å². The Morgan fingerprint density at radius 3 is 2.36 bits per heavy atom. The van der Waals surface area contributed by atoms with Gasteiger partial charge in [0, 0.05) is 17.7 Å². The van der Waals surface area contributed by atoms with Crippen LogP contribution in [-0.2, 0) is 0 Å². The number of nitrogen functional groups attached to an aromatic ring is 1. The van der Waals surface area contributed by atoms with Crippen LogP contribution in [0.4, 0.5) is 5.82 Å². The summed E-state index contributed by atoms with van der Waals surface area (Å²) >= 11 is 0. The molecule has 4 rings (SSSR count). The van der Waals surface area contributed by atoms with Crippen LogP contribution in [-0.4, -0.2) is 20.4 Å². The van der Waals surface area contributed by atoms with Crippen molar-refractivity contribution in [1.82, 2.24) is 14.5 Å². The van der Waals surface area contributed by atoms with E-state index >= 15 is 0 Å². The molecule has 0 aliphatic carbocycles. The number of hydrogen-bond donors (Lipinski definition) is 1. The van der Waals surface area contributed by atoms with Crippen molar-refractivity contribution in [3.8, 4) is 22.6 Å². The van der Waals surface area contributed by atoms with Crippen LogP contribution in [0.2, 0.25) is 0 Å². The number of anilines is 1. The molecule has 0 unspecified atom stereocenters. The van der Waals surface area contributed by atoms with E-state index in [0.29, 0.717) is 16.9 Å². The van der Waals surface area contributed by atoms with Crippen molar-refractivity contribution in [2.45, 2.75) is 13.8 Å². The summed E-state index contributed by atoms with van der Waals surface area (Å²) in [5, 5.41) is 0.674. The first kappa shape index (κ1) is 17.7. The minimum Gasteiger partial charge on any atom is -0.457 e. The molecule has 0 amide bonds. The number of rotatable bonds is 4. The zero-order valence-corrected chi connectivity index (χ0v) is 15.7. The maximum absolute atomic E-state index is 12.6. The predicted molar refractivity (Wildman–Crippen MR) is 109 cm³/mol. The Bertz CT molecular complexity index is 1130. The van der Waals surface area contributed by atoms with Gasteiger partial charge >= 0.3 is 0 Å². The third kappa shape index (κ3) is 3.20. The highest BCUT2D eigenvalue weighted by molar-refractivity contribution is 6.05. The lowest BCUT2D eigenvalue weighted by Gasteiger charge is -2.06. The molecule has 0 saturated carbocycles. The zero-order valence-electron chi connectivity index (χ0n) is 15.7. The van der Waals surface area contributed by atoms with Gasteiger partial charge in [-0.05, 0) is 29.8 Å². The van der Waals surface area contributed by atoms with E-state index in [1.54, 1.807) is 10.8 Å². The number of aromatic nitrogens is 3. The van der Waals surface area contributed by atoms with Crippen LogP contribution >= 0.6 is 0 Å². The topological polar surface area (TPSA) is 83.0 Å². The number of carbonyl (C=O) groups excluding carboxylic acids is 1. The van der Waals surface area contributed by atoms with Gasteiger partial charge in [0.15, 0.2) is 5.65 Å². The lowest BCUT2D eigenvalue weighted by atomic mass is 10.1. The zero-order chi connectivity index (χ0) is 19.7. The molecule has 6 heteroatoms. The lowest BCUT2D eigenvalue weighted by molar-refractivity contribution is 0.0860. The third-order valence-corrected chi connectivity index (χ3v) is 4.49. The fourth-order valence-corrected chi connectivity index (χ4v) is 3.08. The van der Waals surface area contributed by atoms with Gasteiger partial charge in [0.05, 0.1) is 5.39 Å². The standard InChI is InChI=1S/C22H20N4O2/c1-14(2)22(27)26-12-18(19-20(23)24-13-25-21(19)26)15-8-10-17(11-9-15)28-16-6-4-3-5-7-16/h3-14H,1-2H3,(H2,23,24,25). The van der Waals surface area contributed by atoms with Gasteiger partial charge < -0.3 is 10.5 Å². The molecule has 0 spiro atoms. The average molecular weight is 372 g/mol. The summed E-state index contributed by atoms with van der Waals surface area (Å²) in [4.78, 5) is 21.0. The van der Waals surface area contributed by atoms with Crippen molar-refractivity contribution in [2.75, 3.05) is 5.73 Å². The molecule has 0 saturated heterocycles. The molecule has 4 aromatic rings. The van der Waals surface area contributed by atoms with E-state index in [0.717, 1.165) is 22.6 Å². The highest BCUT2D eigenvalue weighted by Crippen LogP contribution is 2.34. The maximum atomic E-state index is 12.6. The second kappa shape index (κ2) is 7.15. The van der Waals surface area contributed by atoms with E-state index in [1.807, 2.05) is 68.4 Å². The number of ether oxygens (including phenoxy) is 1. The van der Waals surface area contributed by atoms with E-state index < -0.39 is 0 Å². The first-order chi connectivity index (χ1) is 13.5. The number of fused-ring (bicyclic) bond motifs is 1. The number of benzene rings is 2. The Kier molecular flexibility index (Phi) is 4.53. The second-order valence-electron chi connectivity index (χ2n) is 6.80. The summed E-state index contributed by atoms with van der Waals surface area (Å²) in [6, 6.07) is 17.2. The first-order valence-electron chi connectivity index (χ1n) is 9.03. The Hall–Kier alpha value is -3.67. The Morgan fingerprint density at radius 2 is 1.68 bits per heavy atom. The minimum atomic E-state index is -0.165. The van der Waals surface area contributed by atoms with Crippen LogP contribution < -0.4 is 10.5 Å². The molecule has 0 aliphatic heterocycles. The van der Waals surface area contributed by atoms with Gasteiger partial charge in [0.1, 0.15) is 23.6 Å². The Balaban J connectivity index is 1.76. The summed E-state index contributed by atoms with van der Waals surface area (Å²) in [6.07, 6.45) is 3.16. The van der Waals surface area contributed by atoms with Crippen molar-refractivity contribution in [2.24, 2.45) is 5.92 Å². The first-order valence-corrected chi connectivity index (χ1v) is 9.03. The van der Waals surface area contributed by atoms with Crippen LogP contribution in [0.25, 0.3) is 22.2 Å². The van der Waals surface area contributed by atoms with Crippen molar-refractivity contribution in [3.63, 3.8) is 0 Å². The minimum absolute atomic E-state index is 0.0432. The molecule has 0 bridgehead atoms. The molecule has 2 heterocycles. The quantitative estimate of drug-likeness (QED) is 0.558. The molecule has 2 N–H and O–H groups in total. The van der Waals surface area contributed by atoms with Crippen molar-refractivity contribution >= 4 is 22.8 Å². The molecule has 0 fully saturated rings. The largest absolute Gasteiger partial charge is 0.457 e. The molecular formula is C22H20N4O2. The Morgan fingerprint density at radius 1 is 1.00 bits per heavy atom. The Labute approximate surface area is 162 Å². The number of nitrogens with two attached hydrogens (primary N) is 1. The summed E-state index contributed by atoms with van der Waals surface area (Å²) in [6.45, 7) is 3.71. The van der Waals surface area contributed by atoms with Crippen LogP contribution in [0.1, 0.15) is 18.6 Å². The molecule has 28 heavy (non-hydrogen) atoms. The van der Waals surface area contributed by atoms with Gasteiger partial charge in [0.25, 0.3) is 0 Å². The summed E-state index contributed by atoms with van der Waals surface area (Å²) < 4.78 is 7.40. The fraction of sp³-hybridized carbons (Fsp3) is 0.136. The van der Waals surface area contributed by atoms with Gasteiger partial charge in [-0.1, -0.05) is 44.2 Å². The van der Waals surface area contributed by atoms with Gasteiger partial charge in [-0.3, -0.25) is 9.36 Å². The summed E-state index contributed by atoms with van der Waals surface area (Å²) in [7, 11) is 0. The molecule has 2 aromatic carbocycles. The SMILES string of the molecule is CC(C)C(=O)n1cc(-c2ccc(Oc3ccccc3)cc2)c2c(N)ncnc21. The van der Waals surface area contributed by atoms with E-state index in [2.05, 4.69) is 9.97 Å². The van der Waals surface area contributed by atoms with E-state index in [9.17, 15) is 4.79 Å². The number of carbonyl (C=O) groups is 1. The molecule has 2 aromatic heterocycles. The van der Waals surface area contributed by atoms with Crippen LogP contribution in [0.3, 0.4) is 0 Å². The predicted octanol–water partition coefficient (Wildman–Crippen LogP) is 4.77. The normalized spacial score (nSPS) is 11.1.